The molecule has 1 aliphatic heterocycles. The molecule has 0 spiro atoms. The van der Waals surface area contributed by atoms with Crippen LogP contribution < -0.4 is 10.2 Å². The molecule has 0 bridgehead atoms. The molecule has 1 aromatic rings. The predicted molar refractivity (Wildman–Crippen MR) is 77.8 cm³/mol. The van der Waals surface area contributed by atoms with E-state index < -0.39 is 29.7 Å². The average Bonchev–Trinajstić information content (AvgIpc) is 3.30. The standard InChI is InChI=1S/C13H16F3N5O3/c14-13(15,16)12(22)4-1-5-20(7-12)11-17-6-9(21(23)24)10(19-11)18-8-2-3-8/h6,8,22H,1-5,7H2,(H,17,18,19). The van der Waals surface area contributed by atoms with E-state index in [4.69, 9.17) is 0 Å². The zero-order valence-corrected chi connectivity index (χ0v) is 12.6. The Balaban J connectivity index is 1.87. The summed E-state index contributed by atoms with van der Waals surface area (Å²) in [4.78, 5) is 19.4. The molecule has 1 unspecified atom stereocenters. The Morgan fingerprint density at radius 1 is 1.46 bits per heavy atom. The van der Waals surface area contributed by atoms with Crippen LogP contribution in [0.25, 0.3) is 0 Å². The maximum Gasteiger partial charge on any atom is 0.418 e. The highest BCUT2D eigenvalue weighted by Gasteiger charge is 2.55. The van der Waals surface area contributed by atoms with E-state index in [1.165, 1.54) is 4.90 Å². The van der Waals surface area contributed by atoms with Crippen molar-refractivity contribution >= 4 is 17.5 Å². The van der Waals surface area contributed by atoms with Gasteiger partial charge in [0.25, 0.3) is 0 Å². The fraction of sp³-hybridized carbons (Fsp3) is 0.692. The van der Waals surface area contributed by atoms with Crippen LogP contribution in [0.15, 0.2) is 6.20 Å². The number of aliphatic hydroxyl groups is 1. The van der Waals surface area contributed by atoms with Crippen LogP contribution in [-0.2, 0) is 0 Å². The fourth-order valence-corrected chi connectivity index (χ4v) is 2.62. The Morgan fingerprint density at radius 2 is 2.17 bits per heavy atom. The molecule has 2 aliphatic rings. The molecule has 0 radical (unpaired) electrons. The van der Waals surface area contributed by atoms with E-state index in [0.717, 1.165) is 19.0 Å². The molecule has 3 rings (SSSR count). The van der Waals surface area contributed by atoms with Crippen molar-refractivity contribution in [2.24, 2.45) is 0 Å². The van der Waals surface area contributed by atoms with Gasteiger partial charge in [0, 0.05) is 12.6 Å². The van der Waals surface area contributed by atoms with E-state index in [1.54, 1.807) is 0 Å². The van der Waals surface area contributed by atoms with E-state index in [2.05, 4.69) is 15.3 Å². The molecule has 1 atom stereocenters. The van der Waals surface area contributed by atoms with Crippen LogP contribution >= 0.6 is 0 Å². The number of alkyl halides is 3. The van der Waals surface area contributed by atoms with Crippen LogP contribution in [0, 0.1) is 10.1 Å². The summed E-state index contributed by atoms with van der Waals surface area (Å²) in [5, 5.41) is 23.8. The van der Waals surface area contributed by atoms with Crippen molar-refractivity contribution in [3.05, 3.63) is 16.3 Å². The SMILES string of the molecule is O=[N+]([O-])c1cnc(N2CCCC(O)(C(F)(F)F)C2)nc1NC1CC1. The highest BCUT2D eigenvalue weighted by atomic mass is 19.4. The molecule has 132 valence electrons. The molecule has 8 nitrogen and oxygen atoms in total. The topological polar surface area (TPSA) is 104 Å². The van der Waals surface area contributed by atoms with Crippen molar-refractivity contribution in [1.29, 1.82) is 0 Å². The normalized spacial score (nSPS) is 24.8. The summed E-state index contributed by atoms with van der Waals surface area (Å²) in [7, 11) is 0. The van der Waals surface area contributed by atoms with E-state index in [9.17, 15) is 28.4 Å². The monoisotopic (exact) mass is 347 g/mol. The van der Waals surface area contributed by atoms with Gasteiger partial charge in [-0.05, 0) is 25.7 Å². The first-order valence-electron chi connectivity index (χ1n) is 7.52. The number of rotatable bonds is 4. The molecule has 24 heavy (non-hydrogen) atoms. The third-order valence-corrected chi connectivity index (χ3v) is 4.15. The number of nitrogens with zero attached hydrogens (tertiary/aromatic N) is 4. The van der Waals surface area contributed by atoms with Gasteiger partial charge < -0.3 is 15.3 Å². The third kappa shape index (κ3) is 3.21. The maximum absolute atomic E-state index is 13.0. The molecule has 1 saturated heterocycles. The summed E-state index contributed by atoms with van der Waals surface area (Å²) in [6, 6.07) is 0.0833. The van der Waals surface area contributed by atoms with Crippen LogP contribution in [0.5, 0.6) is 0 Å². The Hall–Kier alpha value is -2.17. The maximum atomic E-state index is 13.0. The van der Waals surface area contributed by atoms with Gasteiger partial charge in [0.2, 0.25) is 11.8 Å². The Kier molecular flexibility index (Phi) is 3.98. The number of β-amino-alcohol motifs (C(OH)–C–C–N with tert-alkyl or cyclic N) is 1. The highest BCUT2D eigenvalue weighted by Crippen LogP contribution is 2.38. The quantitative estimate of drug-likeness (QED) is 0.633. The van der Waals surface area contributed by atoms with Crippen LogP contribution in [0.4, 0.5) is 30.6 Å². The lowest BCUT2D eigenvalue weighted by atomic mass is 9.92. The van der Waals surface area contributed by atoms with Crippen molar-refractivity contribution in [1.82, 2.24) is 9.97 Å². The van der Waals surface area contributed by atoms with Crippen molar-refractivity contribution in [3.8, 4) is 0 Å². The average molecular weight is 347 g/mol. The highest BCUT2D eigenvalue weighted by molar-refractivity contribution is 5.58. The number of hydrogen-bond donors (Lipinski definition) is 2. The number of anilines is 2. The number of aromatic nitrogens is 2. The minimum atomic E-state index is -4.76. The first kappa shape index (κ1) is 16.7. The molecule has 1 aromatic heterocycles. The van der Waals surface area contributed by atoms with Crippen molar-refractivity contribution in [2.45, 2.75) is 43.5 Å². The minimum Gasteiger partial charge on any atom is -0.379 e. The van der Waals surface area contributed by atoms with Gasteiger partial charge in [-0.1, -0.05) is 0 Å². The molecule has 0 amide bonds. The second kappa shape index (κ2) is 5.72. The lowest BCUT2D eigenvalue weighted by molar-refractivity contribution is -0.384. The van der Waals surface area contributed by atoms with Gasteiger partial charge in [0.1, 0.15) is 6.20 Å². The van der Waals surface area contributed by atoms with Gasteiger partial charge in [0.15, 0.2) is 5.60 Å². The fourth-order valence-electron chi connectivity index (χ4n) is 2.62. The lowest BCUT2D eigenvalue weighted by Crippen LogP contribution is -2.57. The minimum absolute atomic E-state index is 0.00591. The summed E-state index contributed by atoms with van der Waals surface area (Å²) in [5.74, 6) is -0.0697. The Bertz CT molecular complexity index is 652. The second-order valence-corrected chi connectivity index (χ2v) is 6.13. The van der Waals surface area contributed by atoms with E-state index >= 15 is 0 Å². The van der Waals surface area contributed by atoms with Crippen LogP contribution in [0.2, 0.25) is 0 Å². The molecule has 2 heterocycles. The molecule has 11 heteroatoms. The van der Waals surface area contributed by atoms with Gasteiger partial charge in [-0.2, -0.15) is 18.2 Å². The largest absolute Gasteiger partial charge is 0.418 e. The van der Waals surface area contributed by atoms with Gasteiger partial charge in [-0.3, -0.25) is 10.1 Å². The molecular weight excluding hydrogens is 331 g/mol. The van der Waals surface area contributed by atoms with E-state index in [1.807, 2.05) is 0 Å². The van der Waals surface area contributed by atoms with Crippen molar-refractivity contribution in [3.63, 3.8) is 0 Å². The predicted octanol–water partition coefficient (Wildman–Crippen LogP) is 1.85. The molecule has 2 fully saturated rings. The number of nitrogens with one attached hydrogen (secondary N) is 1. The molecule has 0 aromatic carbocycles. The smallest absolute Gasteiger partial charge is 0.379 e. The summed E-state index contributed by atoms with van der Waals surface area (Å²) < 4.78 is 39.1. The molecule has 2 N–H and O–H groups in total. The second-order valence-electron chi connectivity index (χ2n) is 6.13. The Morgan fingerprint density at radius 3 is 2.75 bits per heavy atom. The summed E-state index contributed by atoms with van der Waals surface area (Å²) in [6.45, 7) is -0.462. The third-order valence-electron chi connectivity index (χ3n) is 4.15. The van der Waals surface area contributed by atoms with Crippen LogP contribution in [0.3, 0.4) is 0 Å². The molecular formula is C13H16F3N5O3. The summed E-state index contributed by atoms with van der Waals surface area (Å²) in [5.41, 5.74) is -3.16. The van der Waals surface area contributed by atoms with Crippen LogP contribution in [-0.4, -0.2) is 50.9 Å². The Labute approximate surface area is 134 Å². The van der Waals surface area contributed by atoms with Crippen molar-refractivity contribution in [2.75, 3.05) is 23.3 Å². The van der Waals surface area contributed by atoms with Crippen LogP contribution in [0.1, 0.15) is 25.7 Å². The number of halogens is 3. The number of hydrogen-bond acceptors (Lipinski definition) is 7. The number of nitro groups is 1. The summed E-state index contributed by atoms with van der Waals surface area (Å²) in [6.07, 6.45) is -2.35. The summed E-state index contributed by atoms with van der Waals surface area (Å²) >= 11 is 0. The van der Waals surface area contributed by atoms with Gasteiger partial charge in [0.05, 0.1) is 11.5 Å². The lowest BCUT2D eigenvalue weighted by Gasteiger charge is -2.40. The molecule has 1 aliphatic carbocycles. The van der Waals surface area contributed by atoms with Gasteiger partial charge in [-0.25, -0.2) is 4.98 Å². The van der Waals surface area contributed by atoms with E-state index in [0.29, 0.717) is 0 Å². The zero-order valence-electron chi connectivity index (χ0n) is 12.6. The first-order valence-corrected chi connectivity index (χ1v) is 7.52. The zero-order chi connectivity index (χ0) is 17.5. The van der Waals surface area contributed by atoms with E-state index in [-0.39, 0.29) is 36.5 Å². The van der Waals surface area contributed by atoms with Crippen molar-refractivity contribution < 1.29 is 23.2 Å². The first-order chi connectivity index (χ1) is 11.2. The number of piperidine rings is 1. The van der Waals surface area contributed by atoms with Gasteiger partial charge >= 0.3 is 11.9 Å². The van der Waals surface area contributed by atoms with Gasteiger partial charge in [-0.15, -0.1) is 0 Å². The molecule has 1 saturated carbocycles.